The number of aromatic amines is 1. The zero-order valence-corrected chi connectivity index (χ0v) is 28.3. The van der Waals surface area contributed by atoms with Crippen LogP contribution in [0.3, 0.4) is 0 Å². The predicted octanol–water partition coefficient (Wildman–Crippen LogP) is 5.28. The van der Waals surface area contributed by atoms with Gasteiger partial charge in [-0.25, -0.2) is 8.78 Å². The number of β-amino-alcohol motifs (C(OH)–C–C–N with tert-alkyl or cyclic N) is 1. The van der Waals surface area contributed by atoms with Crippen molar-refractivity contribution in [3.8, 4) is 17.3 Å². The molecule has 1 saturated heterocycles. The number of hydrogen-bond acceptors (Lipinski definition) is 12. The predicted molar refractivity (Wildman–Crippen MR) is 177 cm³/mol. The number of aromatic nitrogens is 5. The number of fused-ring (bicyclic) bond motifs is 4. The Morgan fingerprint density at radius 3 is 2.77 bits per heavy atom. The highest BCUT2D eigenvalue weighted by Gasteiger charge is 2.72. The first kappa shape index (κ1) is 32.0. The number of hydrogen-bond donors (Lipinski definition) is 2. The smallest absolute Gasteiger partial charge is 0.319 e. The lowest BCUT2D eigenvalue weighted by atomic mass is 9.95. The summed E-state index contributed by atoms with van der Waals surface area (Å²) in [5.74, 6) is -2.44. The van der Waals surface area contributed by atoms with Crippen molar-refractivity contribution in [3.63, 3.8) is 0 Å². The van der Waals surface area contributed by atoms with Gasteiger partial charge in [0.05, 0.1) is 65.5 Å². The second-order valence-electron chi connectivity index (χ2n) is 13.3. The summed E-state index contributed by atoms with van der Waals surface area (Å²) in [6.07, 6.45) is 5.74. The third-order valence-electron chi connectivity index (χ3n) is 9.15. The van der Waals surface area contributed by atoms with Gasteiger partial charge in [-0.2, -0.15) is 23.5 Å². The molecule has 3 aliphatic rings. The van der Waals surface area contributed by atoms with E-state index < -0.39 is 46.7 Å². The number of aliphatic hydroxyl groups is 1. The van der Waals surface area contributed by atoms with Crippen LogP contribution < -0.4 is 9.64 Å². The van der Waals surface area contributed by atoms with Gasteiger partial charge >= 0.3 is 6.01 Å². The molecule has 2 saturated carbocycles. The van der Waals surface area contributed by atoms with Crippen LogP contribution in [0.15, 0.2) is 24.5 Å². The largest absolute Gasteiger partial charge is 0.462 e. The van der Waals surface area contributed by atoms with Crippen LogP contribution in [-0.4, -0.2) is 96.0 Å². The molecule has 3 fully saturated rings. The maximum absolute atomic E-state index is 14.6. The highest BCUT2D eigenvalue weighted by molar-refractivity contribution is 7.86. The Labute approximate surface area is 282 Å². The molecular formula is C31H31ClF2N6O6S2. The number of nitrogens with zero attached hydrogens (tertiary/aromatic N) is 5. The van der Waals surface area contributed by atoms with Gasteiger partial charge in [-0.3, -0.25) is 14.3 Å². The van der Waals surface area contributed by atoms with Gasteiger partial charge in [-0.1, -0.05) is 11.6 Å². The van der Waals surface area contributed by atoms with Crippen molar-refractivity contribution in [2.24, 2.45) is 5.41 Å². The number of alkyl halides is 2. The fraction of sp³-hybridized carbons (Fsp3) is 0.484. The molecule has 12 nitrogen and oxygen atoms in total. The second-order valence-corrected chi connectivity index (χ2v) is 16.3. The zero-order valence-electron chi connectivity index (χ0n) is 25.9. The van der Waals surface area contributed by atoms with Crippen molar-refractivity contribution in [3.05, 3.63) is 35.1 Å². The van der Waals surface area contributed by atoms with Crippen LogP contribution in [0, 0.1) is 5.41 Å². The Morgan fingerprint density at radius 1 is 1.25 bits per heavy atom. The summed E-state index contributed by atoms with van der Waals surface area (Å²) in [5.41, 5.74) is 0.364. The van der Waals surface area contributed by atoms with Crippen molar-refractivity contribution in [1.29, 1.82) is 0 Å². The summed E-state index contributed by atoms with van der Waals surface area (Å²) in [7, 11) is -3.96. The molecule has 48 heavy (non-hydrogen) atoms. The maximum Gasteiger partial charge on any atom is 0.319 e. The van der Waals surface area contributed by atoms with Gasteiger partial charge in [0, 0.05) is 40.5 Å². The molecule has 5 aromatic rings. The fourth-order valence-electron chi connectivity index (χ4n) is 6.48. The van der Waals surface area contributed by atoms with E-state index in [4.69, 9.17) is 35.2 Å². The third kappa shape index (κ3) is 5.65. The molecule has 0 amide bonds. The number of rotatable bonds is 9. The Bertz CT molecular complexity index is 2210. The summed E-state index contributed by atoms with van der Waals surface area (Å²) in [6, 6.07) is 3.61. The molecular weight excluding hydrogens is 690 g/mol. The first-order valence-corrected chi connectivity index (χ1v) is 18.4. The summed E-state index contributed by atoms with van der Waals surface area (Å²) in [6.45, 7) is 1.37. The van der Waals surface area contributed by atoms with E-state index in [1.165, 1.54) is 11.3 Å². The number of anilines is 1. The van der Waals surface area contributed by atoms with Crippen molar-refractivity contribution in [1.82, 2.24) is 25.1 Å². The van der Waals surface area contributed by atoms with Gasteiger partial charge in [0.1, 0.15) is 22.9 Å². The van der Waals surface area contributed by atoms with Crippen molar-refractivity contribution in [2.45, 2.75) is 43.6 Å². The Hall–Kier alpha value is -3.28. The number of pyridine rings is 1. The lowest BCUT2D eigenvalue weighted by Crippen LogP contribution is -2.42. The van der Waals surface area contributed by atoms with E-state index in [1.54, 1.807) is 19.3 Å². The molecule has 2 aliphatic carbocycles. The van der Waals surface area contributed by atoms with Crippen LogP contribution in [0.5, 0.6) is 6.01 Å². The highest BCUT2D eigenvalue weighted by atomic mass is 35.5. The molecule has 0 spiro atoms. The number of H-pyrrole nitrogens is 1. The Morgan fingerprint density at radius 2 is 2.04 bits per heavy atom. The molecule has 1 aliphatic heterocycles. The van der Waals surface area contributed by atoms with Gasteiger partial charge in [-0.05, 0) is 43.4 Å². The minimum atomic E-state index is -3.96. The Balaban J connectivity index is 1.29. The maximum atomic E-state index is 14.6. The molecule has 0 unspecified atom stereocenters. The minimum absolute atomic E-state index is 0.122. The van der Waals surface area contributed by atoms with Gasteiger partial charge in [0.25, 0.3) is 16.0 Å². The highest BCUT2D eigenvalue weighted by Crippen LogP contribution is 2.61. The normalized spacial score (nSPS) is 24.4. The van der Waals surface area contributed by atoms with Crippen molar-refractivity contribution < 1.29 is 36.0 Å². The van der Waals surface area contributed by atoms with E-state index >= 15 is 0 Å². The molecule has 8 rings (SSSR count). The summed E-state index contributed by atoms with van der Waals surface area (Å²) >= 11 is 8.23. The SMILES string of the molecule is C[C@@]1(O)COCCN(c2nc(OC[C@]3(COS(C)(=O)=O)CC3(F)F)nc3sc4c(-c5c(C6CC6)c(Cl)cc6[nH]ncc56)nccc4c23)C1. The molecule has 2 N–H and O–H groups in total. The minimum Gasteiger partial charge on any atom is -0.462 e. The van der Waals surface area contributed by atoms with Crippen LogP contribution in [0.25, 0.3) is 42.5 Å². The lowest BCUT2D eigenvalue weighted by Gasteiger charge is -2.28. The van der Waals surface area contributed by atoms with E-state index in [9.17, 15) is 22.3 Å². The van der Waals surface area contributed by atoms with Crippen LogP contribution in [-0.2, 0) is 19.0 Å². The number of thiophene rings is 1. The summed E-state index contributed by atoms with van der Waals surface area (Å²) in [5, 5.41) is 21.4. The van der Waals surface area contributed by atoms with Gasteiger partial charge < -0.3 is 19.5 Å². The van der Waals surface area contributed by atoms with Gasteiger partial charge in [0.2, 0.25) is 0 Å². The summed E-state index contributed by atoms with van der Waals surface area (Å²) < 4.78 is 69.5. The molecule has 0 radical (unpaired) electrons. The molecule has 5 heterocycles. The van der Waals surface area contributed by atoms with Crippen LogP contribution >= 0.6 is 22.9 Å². The van der Waals surface area contributed by atoms with E-state index in [2.05, 4.69) is 15.2 Å². The monoisotopic (exact) mass is 720 g/mol. The topological polar surface area (TPSA) is 153 Å². The molecule has 17 heteroatoms. The number of benzene rings is 1. The number of nitrogens with one attached hydrogen (secondary N) is 1. The van der Waals surface area contributed by atoms with E-state index in [-0.39, 0.29) is 19.2 Å². The number of ether oxygens (including phenoxy) is 2. The fourth-order valence-corrected chi connectivity index (χ4v) is 8.43. The molecule has 2 atom stereocenters. The average molecular weight is 721 g/mol. The summed E-state index contributed by atoms with van der Waals surface area (Å²) in [4.78, 5) is 16.7. The second kappa shape index (κ2) is 11.1. The molecule has 0 bridgehead atoms. The van der Waals surface area contributed by atoms with E-state index in [0.29, 0.717) is 45.8 Å². The third-order valence-corrected chi connectivity index (χ3v) is 11.1. The first-order chi connectivity index (χ1) is 22.7. The van der Waals surface area contributed by atoms with Gasteiger partial charge in [-0.15, -0.1) is 11.3 Å². The first-order valence-electron chi connectivity index (χ1n) is 15.4. The number of halogens is 3. The molecule has 4 aromatic heterocycles. The van der Waals surface area contributed by atoms with E-state index in [0.717, 1.165) is 51.2 Å². The standard InChI is InChI=1S/C31H31ClF2N6O6S2/c1-29(41)12-40(7-8-44-13-29)26-23-17-5-6-35-24(22-18-10-36-39-20(18)9-19(32)21(22)16-3-4-16)25(17)47-27(23)38-28(37-26)45-14-30(11-31(30,33)34)15-46-48(2,42)43/h5-6,9-10,16,41H,3-4,7-8,11-15H2,1-2H3,(H,36,39)/t29-,30-/m0/s1. The van der Waals surface area contributed by atoms with Crippen LogP contribution in [0.1, 0.15) is 37.7 Å². The van der Waals surface area contributed by atoms with Crippen molar-refractivity contribution in [2.75, 3.05) is 50.7 Å². The zero-order chi connectivity index (χ0) is 33.6. The Kier molecular flexibility index (Phi) is 7.40. The average Bonchev–Trinajstić information content (AvgIpc) is 3.84. The lowest BCUT2D eigenvalue weighted by molar-refractivity contribution is -0.0123. The van der Waals surface area contributed by atoms with Crippen LogP contribution in [0.2, 0.25) is 5.02 Å². The van der Waals surface area contributed by atoms with Gasteiger partial charge in [0.15, 0.2) is 0 Å². The quantitative estimate of drug-likeness (QED) is 0.191. The molecule has 1 aromatic carbocycles. The van der Waals surface area contributed by atoms with Crippen LogP contribution in [0.4, 0.5) is 14.6 Å². The molecule has 254 valence electrons. The van der Waals surface area contributed by atoms with E-state index in [1.807, 2.05) is 17.0 Å². The van der Waals surface area contributed by atoms with Crippen molar-refractivity contribution >= 4 is 70.1 Å².